The molecule has 2 aromatic carbocycles. The summed E-state index contributed by atoms with van der Waals surface area (Å²) in [7, 11) is 0. The van der Waals surface area contributed by atoms with Crippen molar-refractivity contribution in [2.45, 2.75) is 20.0 Å². The highest BCUT2D eigenvalue weighted by Crippen LogP contribution is 2.19. The number of aryl methyl sites for hydroxylation is 1. The SMILES string of the molecule is C=CCc1ccc(OCc2ccccc2)cc1C. The number of allylic oxidation sites excluding steroid dienone is 1. The topological polar surface area (TPSA) is 9.23 Å². The van der Waals surface area contributed by atoms with Crippen molar-refractivity contribution in [2.75, 3.05) is 0 Å². The molecule has 0 fully saturated rings. The lowest BCUT2D eigenvalue weighted by Gasteiger charge is -2.09. The highest BCUT2D eigenvalue weighted by molar-refractivity contribution is 5.35. The first kappa shape index (κ1) is 12.4. The van der Waals surface area contributed by atoms with Gasteiger partial charge in [-0.05, 0) is 42.2 Å². The normalized spacial score (nSPS) is 10.1. The van der Waals surface area contributed by atoms with E-state index in [1.165, 1.54) is 16.7 Å². The van der Waals surface area contributed by atoms with Crippen molar-refractivity contribution < 1.29 is 4.74 Å². The van der Waals surface area contributed by atoms with Gasteiger partial charge in [0.05, 0.1) is 0 Å². The zero-order valence-corrected chi connectivity index (χ0v) is 10.7. The third-order valence-corrected chi connectivity index (χ3v) is 2.93. The molecule has 0 bridgehead atoms. The molecule has 0 N–H and O–H groups in total. The Labute approximate surface area is 109 Å². The first-order valence-corrected chi connectivity index (χ1v) is 6.17. The highest BCUT2D eigenvalue weighted by Gasteiger charge is 2.00. The summed E-state index contributed by atoms with van der Waals surface area (Å²) in [5.41, 5.74) is 3.74. The fourth-order valence-corrected chi connectivity index (χ4v) is 1.88. The molecule has 0 unspecified atom stereocenters. The summed E-state index contributed by atoms with van der Waals surface area (Å²) in [4.78, 5) is 0. The molecule has 0 aromatic heterocycles. The molecule has 0 radical (unpaired) electrons. The zero-order chi connectivity index (χ0) is 12.8. The summed E-state index contributed by atoms with van der Waals surface area (Å²) in [6.45, 7) is 6.48. The van der Waals surface area contributed by atoms with Crippen LogP contribution in [0.4, 0.5) is 0 Å². The van der Waals surface area contributed by atoms with Crippen LogP contribution in [-0.4, -0.2) is 0 Å². The molecule has 0 aliphatic carbocycles. The summed E-state index contributed by atoms with van der Waals surface area (Å²) >= 11 is 0. The van der Waals surface area contributed by atoms with Crippen LogP contribution in [0.2, 0.25) is 0 Å². The van der Waals surface area contributed by atoms with Crippen LogP contribution >= 0.6 is 0 Å². The average Bonchev–Trinajstić information content (AvgIpc) is 2.41. The number of rotatable bonds is 5. The molecular weight excluding hydrogens is 220 g/mol. The van der Waals surface area contributed by atoms with Crippen molar-refractivity contribution >= 4 is 0 Å². The van der Waals surface area contributed by atoms with Crippen molar-refractivity contribution in [1.82, 2.24) is 0 Å². The van der Waals surface area contributed by atoms with Gasteiger partial charge in [-0.15, -0.1) is 6.58 Å². The minimum atomic E-state index is 0.612. The molecule has 0 atom stereocenters. The van der Waals surface area contributed by atoms with Crippen LogP contribution in [0.1, 0.15) is 16.7 Å². The molecule has 0 aliphatic heterocycles. The van der Waals surface area contributed by atoms with E-state index >= 15 is 0 Å². The first-order valence-electron chi connectivity index (χ1n) is 6.17. The minimum absolute atomic E-state index is 0.612. The Morgan fingerprint density at radius 3 is 2.56 bits per heavy atom. The van der Waals surface area contributed by atoms with Gasteiger partial charge in [0, 0.05) is 0 Å². The summed E-state index contributed by atoms with van der Waals surface area (Å²) in [6, 6.07) is 16.4. The molecule has 92 valence electrons. The summed E-state index contributed by atoms with van der Waals surface area (Å²) in [6.07, 6.45) is 2.83. The first-order chi connectivity index (χ1) is 8.79. The lowest BCUT2D eigenvalue weighted by atomic mass is 10.1. The van der Waals surface area contributed by atoms with Gasteiger partial charge in [0.25, 0.3) is 0 Å². The Bertz CT molecular complexity index is 514. The fourth-order valence-electron chi connectivity index (χ4n) is 1.88. The standard InChI is InChI=1S/C17H18O/c1-3-7-16-10-11-17(12-14(16)2)18-13-15-8-5-4-6-9-15/h3-6,8-12H,1,7,13H2,2H3. The van der Waals surface area contributed by atoms with E-state index in [0.29, 0.717) is 6.61 Å². The van der Waals surface area contributed by atoms with Crippen molar-refractivity contribution in [3.05, 3.63) is 77.9 Å². The second-order valence-corrected chi connectivity index (χ2v) is 4.36. The van der Waals surface area contributed by atoms with Crippen LogP contribution in [0.3, 0.4) is 0 Å². The predicted molar refractivity (Wildman–Crippen MR) is 75.9 cm³/mol. The number of benzene rings is 2. The smallest absolute Gasteiger partial charge is 0.120 e. The molecule has 0 spiro atoms. The van der Waals surface area contributed by atoms with Crippen molar-refractivity contribution in [1.29, 1.82) is 0 Å². The van der Waals surface area contributed by atoms with Gasteiger partial charge in [-0.3, -0.25) is 0 Å². The molecule has 0 saturated carbocycles. The second-order valence-electron chi connectivity index (χ2n) is 4.36. The van der Waals surface area contributed by atoms with E-state index in [4.69, 9.17) is 4.74 Å². The Balaban J connectivity index is 2.02. The van der Waals surface area contributed by atoms with E-state index in [0.717, 1.165) is 12.2 Å². The third kappa shape index (κ3) is 3.24. The van der Waals surface area contributed by atoms with Crippen molar-refractivity contribution in [2.24, 2.45) is 0 Å². The second kappa shape index (κ2) is 6.06. The van der Waals surface area contributed by atoms with Gasteiger partial charge in [0.2, 0.25) is 0 Å². The largest absolute Gasteiger partial charge is 0.489 e. The summed E-state index contributed by atoms with van der Waals surface area (Å²) in [5.74, 6) is 0.921. The van der Waals surface area contributed by atoms with Gasteiger partial charge < -0.3 is 4.74 Å². The molecule has 2 aromatic rings. The van der Waals surface area contributed by atoms with Crippen LogP contribution in [0, 0.1) is 6.92 Å². The van der Waals surface area contributed by atoms with Crippen LogP contribution < -0.4 is 4.74 Å². The van der Waals surface area contributed by atoms with E-state index < -0.39 is 0 Å². The minimum Gasteiger partial charge on any atom is -0.489 e. The van der Waals surface area contributed by atoms with E-state index in [-0.39, 0.29) is 0 Å². The lowest BCUT2D eigenvalue weighted by Crippen LogP contribution is -1.96. The molecule has 1 heteroatoms. The zero-order valence-electron chi connectivity index (χ0n) is 10.7. The van der Waals surface area contributed by atoms with E-state index in [1.807, 2.05) is 30.3 Å². The van der Waals surface area contributed by atoms with E-state index in [2.05, 4.69) is 37.8 Å². The Hall–Kier alpha value is -2.02. The molecule has 0 amide bonds. The molecule has 1 nitrogen and oxygen atoms in total. The van der Waals surface area contributed by atoms with Gasteiger partial charge >= 0.3 is 0 Å². The maximum absolute atomic E-state index is 5.78. The molecule has 0 saturated heterocycles. The fraction of sp³-hybridized carbons (Fsp3) is 0.176. The quantitative estimate of drug-likeness (QED) is 0.705. The number of hydrogen-bond acceptors (Lipinski definition) is 1. The molecule has 18 heavy (non-hydrogen) atoms. The number of ether oxygens (including phenoxy) is 1. The van der Waals surface area contributed by atoms with Gasteiger partial charge in [0.1, 0.15) is 12.4 Å². The molecular formula is C17H18O. The van der Waals surface area contributed by atoms with Gasteiger partial charge in [-0.1, -0.05) is 42.5 Å². The van der Waals surface area contributed by atoms with Gasteiger partial charge in [-0.25, -0.2) is 0 Å². The van der Waals surface area contributed by atoms with Crippen LogP contribution in [0.5, 0.6) is 5.75 Å². The average molecular weight is 238 g/mol. The maximum atomic E-state index is 5.78. The van der Waals surface area contributed by atoms with Gasteiger partial charge in [0.15, 0.2) is 0 Å². The highest BCUT2D eigenvalue weighted by atomic mass is 16.5. The Morgan fingerprint density at radius 2 is 1.89 bits per heavy atom. The van der Waals surface area contributed by atoms with Crippen molar-refractivity contribution in [3.63, 3.8) is 0 Å². The predicted octanol–water partition coefficient (Wildman–Crippen LogP) is 4.30. The van der Waals surface area contributed by atoms with Crippen LogP contribution in [-0.2, 0) is 13.0 Å². The molecule has 0 aliphatic rings. The Morgan fingerprint density at radius 1 is 1.11 bits per heavy atom. The Kier molecular flexibility index (Phi) is 4.19. The van der Waals surface area contributed by atoms with E-state index in [9.17, 15) is 0 Å². The monoisotopic (exact) mass is 238 g/mol. The molecule has 2 rings (SSSR count). The maximum Gasteiger partial charge on any atom is 0.120 e. The summed E-state index contributed by atoms with van der Waals surface area (Å²) < 4.78 is 5.78. The lowest BCUT2D eigenvalue weighted by molar-refractivity contribution is 0.306. The van der Waals surface area contributed by atoms with Gasteiger partial charge in [-0.2, -0.15) is 0 Å². The summed E-state index contributed by atoms with van der Waals surface area (Å²) in [5, 5.41) is 0. The van der Waals surface area contributed by atoms with Crippen molar-refractivity contribution in [3.8, 4) is 5.75 Å². The van der Waals surface area contributed by atoms with Crippen LogP contribution in [0.25, 0.3) is 0 Å². The van der Waals surface area contributed by atoms with E-state index in [1.54, 1.807) is 0 Å². The molecule has 0 heterocycles. The number of hydrogen-bond donors (Lipinski definition) is 0. The van der Waals surface area contributed by atoms with Crippen LogP contribution in [0.15, 0.2) is 61.2 Å². The third-order valence-electron chi connectivity index (χ3n) is 2.93.